The maximum atomic E-state index is 12.5. The van der Waals surface area contributed by atoms with Crippen LogP contribution < -0.4 is 5.32 Å². The lowest BCUT2D eigenvalue weighted by Crippen LogP contribution is -2.14. The second-order valence-corrected chi connectivity index (χ2v) is 5.85. The number of anilines is 1. The van der Waals surface area contributed by atoms with Crippen molar-refractivity contribution in [3.8, 4) is 0 Å². The fraction of sp³-hybridized carbons (Fsp3) is 0.100. The number of hydrogen-bond donors (Lipinski definition) is 1. The van der Waals surface area contributed by atoms with Gasteiger partial charge in [-0.1, -0.05) is 18.2 Å². The van der Waals surface area contributed by atoms with Crippen LogP contribution in [0.1, 0.15) is 21.7 Å². The topological polar surface area (TPSA) is 55.1 Å². The number of pyridine rings is 1. The molecule has 2 heterocycles. The molecular formula is C20H16N2O2. The normalized spacial score (nSPS) is 11.1. The summed E-state index contributed by atoms with van der Waals surface area (Å²) in [5.74, 6) is -0.171. The van der Waals surface area contributed by atoms with Crippen molar-refractivity contribution in [1.82, 2.24) is 4.98 Å². The maximum absolute atomic E-state index is 12.5. The molecule has 2 aromatic heterocycles. The van der Waals surface area contributed by atoms with Crippen molar-refractivity contribution in [2.45, 2.75) is 13.8 Å². The molecule has 0 aliphatic carbocycles. The van der Waals surface area contributed by atoms with Crippen LogP contribution in [0.2, 0.25) is 0 Å². The van der Waals surface area contributed by atoms with Gasteiger partial charge in [-0.05, 0) is 44.2 Å². The Bertz CT molecular complexity index is 1080. The molecule has 1 amide bonds. The lowest BCUT2D eigenvalue weighted by Gasteiger charge is -2.07. The van der Waals surface area contributed by atoms with Gasteiger partial charge in [0.25, 0.3) is 5.91 Å². The Morgan fingerprint density at radius 2 is 1.75 bits per heavy atom. The molecule has 0 saturated carbocycles. The van der Waals surface area contributed by atoms with E-state index in [1.807, 2.05) is 62.4 Å². The molecule has 0 bridgehead atoms. The van der Waals surface area contributed by atoms with Crippen LogP contribution in [0.5, 0.6) is 0 Å². The van der Waals surface area contributed by atoms with Gasteiger partial charge in [0, 0.05) is 28.2 Å². The molecule has 118 valence electrons. The molecule has 4 heteroatoms. The van der Waals surface area contributed by atoms with Gasteiger partial charge in [0.15, 0.2) is 0 Å². The largest absolute Gasteiger partial charge is 0.456 e. The number of carbonyl (C=O) groups is 1. The Kier molecular flexibility index (Phi) is 3.31. The molecule has 0 unspecified atom stereocenters. The van der Waals surface area contributed by atoms with Crippen molar-refractivity contribution in [1.29, 1.82) is 0 Å². The van der Waals surface area contributed by atoms with Gasteiger partial charge in [-0.25, -0.2) is 0 Å². The van der Waals surface area contributed by atoms with Crippen molar-refractivity contribution >= 4 is 33.5 Å². The van der Waals surface area contributed by atoms with E-state index in [9.17, 15) is 4.79 Å². The minimum atomic E-state index is -0.171. The molecule has 0 fully saturated rings. The minimum absolute atomic E-state index is 0.171. The van der Waals surface area contributed by atoms with Crippen LogP contribution in [0.4, 0.5) is 5.69 Å². The number of para-hydroxylation sites is 1. The number of nitrogens with zero attached hydrogens (tertiary/aromatic N) is 1. The fourth-order valence-electron chi connectivity index (χ4n) is 2.93. The lowest BCUT2D eigenvalue weighted by atomic mass is 10.1. The Morgan fingerprint density at radius 1 is 0.958 bits per heavy atom. The summed E-state index contributed by atoms with van der Waals surface area (Å²) >= 11 is 0. The predicted octanol–water partition coefficient (Wildman–Crippen LogP) is 4.85. The Morgan fingerprint density at radius 3 is 2.58 bits per heavy atom. The van der Waals surface area contributed by atoms with Crippen LogP contribution in [-0.4, -0.2) is 10.9 Å². The monoisotopic (exact) mass is 316 g/mol. The number of fused-ring (bicyclic) bond motifs is 3. The summed E-state index contributed by atoms with van der Waals surface area (Å²) in [5, 5.41) is 5.03. The van der Waals surface area contributed by atoms with E-state index in [4.69, 9.17) is 4.42 Å². The van der Waals surface area contributed by atoms with E-state index in [-0.39, 0.29) is 5.91 Å². The smallest absolute Gasteiger partial charge is 0.257 e. The van der Waals surface area contributed by atoms with Crippen LogP contribution in [-0.2, 0) is 0 Å². The summed E-state index contributed by atoms with van der Waals surface area (Å²) in [6, 6.07) is 17.2. The highest BCUT2D eigenvalue weighted by atomic mass is 16.3. The summed E-state index contributed by atoms with van der Waals surface area (Å²) in [4.78, 5) is 16.8. The summed E-state index contributed by atoms with van der Waals surface area (Å²) < 4.78 is 5.86. The Hall–Kier alpha value is -3.14. The van der Waals surface area contributed by atoms with Crippen LogP contribution in [0, 0.1) is 13.8 Å². The Balaban J connectivity index is 1.69. The molecule has 4 nitrogen and oxygen atoms in total. The number of rotatable bonds is 2. The van der Waals surface area contributed by atoms with E-state index < -0.39 is 0 Å². The highest BCUT2D eigenvalue weighted by Crippen LogP contribution is 2.30. The van der Waals surface area contributed by atoms with Gasteiger partial charge >= 0.3 is 0 Å². The zero-order valence-corrected chi connectivity index (χ0v) is 13.5. The number of aryl methyl sites for hydroxylation is 2. The third-order valence-electron chi connectivity index (χ3n) is 4.11. The summed E-state index contributed by atoms with van der Waals surface area (Å²) in [6.45, 7) is 3.74. The second-order valence-electron chi connectivity index (χ2n) is 5.85. The molecule has 4 rings (SSSR count). The van der Waals surface area contributed by atoms with E-state index in [0.717, 1.165) is 33.3 Å². The van der Waals surface area contributed by atoms with E-state index in [2.05, 4.69) is 10.3 Å². The zero-order valence-electron chi connectivity index (χ0n) is 13.5. The highest BCUT2D eigenvalue weighted by molar-refractivity contribution is 6.08. The molecule has 0 atom stereocenters. The molecule has 0 saturated heterocycles. The first-order valence-electron chi connectivity index (χ1n) is 7.79. The first-order chi connectivity index (χ1) is 11.6. The van der Waals surface area contributed by atoms with Gasteiger partial charge < -0.3 is 9.73 Å². The molecule has 0 spiro atoms. The second kappa shape index (κ2) is 5.49. The summed E-state index contributed by atoms with van der Waals surface area (Å²) in [6.07, 6.45) is 0. The van der Waals surface area contributed by atoms with Crippen molar-refractivity contribution in [2.24, 2.45) is 0 Å². The zero-order chi connectivity index (χ0) is 16.7. The first-order valence-corrected chi connectivity index (χ1v) is 7.79. The van der Waals surface area contributed by atoms with Crippen LogP contribution in [0.15, 0.2) is 59.0 Å². The number of furan rings is 1. The quantitative estimate of drug-likeness (QED) is 0.575. The first kappa shape index (κ1) is 14.5. The van der Waals surface area contributed by atoms with Crippen molar-refractivity contribution in [3.05, 3.63) is 71.5 Å². The maximum Gasteiger partial charge on any atom is 0.257 e. The van der Waals surface area contributed by atoms with Crippen LogP contribution >= 0.6 is 0 Å². The molecule has 0 aliphatic heterocycles. The molecule has 4 aromatic rings. The average molecular weight is 316 g/mol. The molecule has 0 radical (unpaired) electrons. The van der Waals surface area contributed by atoms with Gasteiger partial charge in [0.2, 0.25) is 0 Å². The van der Waals surface area contributed by atoms with E-state index in [0.29, 0.717) is 11.3 Å². The fourth-order valence-corrected chi connectivity index (χ4v) is 2.93. The Labute approximate surface area is 139 Å². The van der Waals surface area contributed by atoms with Crippen molar-refractivity contribution in [2.75, 3.05) is 5.32 Å². The molecule has 0 aliphatic rings. The van der Waals surface area contributed by atoms with E-state index in [1.54, 1.807) is 6.07 Å². The molecule has 2 aromatic carbocycles. The lowest BCUT2D eigenvalue weighted by molar-refractivity contribution is 0.102. The average Bonchev–Trinajstić information content (AvgIpc) is 2.92. The van der Waals surface area contributed by atoms with E-state index >= 15 is 0 Å². The predicted molar refractivity (Wildman–Crippen MR) is 95.4 cm³/mol. The van der Waals surface area contributed by atoms with Gasteiger partial charge in [-0.2, -0.15) is 0 Å². The SMILES string of the molecule is Cc1ccc(C(=O)Nc2ccc3c(c2)oc2ccccc23)c(C)n1. The number of aromatic nitrogens is 1. The molecule has 24 heavy (non-hydrogen) atoms. The van der Waals surface area contributed by atoms with Gasteiger partial charge in [-0.15, -0.1) is 0 Å². The standard InChI is InChI=1S/C20H16N2O2/c1-12-7-9-15(13(2)21-12)20(23)22-14-8-10-17-16-5-3-4-6-18(16)24-19(17)11-14/h3-11H,1-2H3,(H,22,23). The van der Waals surface area contributed by atoms with Gasteiger partial charge in [-0.3, -0.25) is 9.78 Å². The minimum Gasteiger partial charge on any atom is -0.456 e. The number of amides is 1. The van der Waals surface area contributed by atoms with Crippen molar-refractivity contribution in [3.63, 3.8) is 0 Å². The highest BCUT2D eigenvalue weighted by Gasteiger charge is 2.12. The summed E-state index contributed by atoms with van der Waals surface area (Å²) in [7, 11) is 0. The number of benzene rings is 2. The molecule has 1 N–H and O–H groups in total. The third kappa shape index (κ3) is 2.42. The summed E-state index contributed by atoms with van der Waals surface area (Å²) in [5.41, 5.74) is 4.49. The van der Waals surface area contributed by atoms with E-state index in [1.165, 1.54) is 0 Å². The van der Waals surface area contributed by atoms with Crippen LogP contribution in [0.25, 0.3) is 21.9 Å². The van der Waals surface area contributed by atoms with Gasteiger partial charge in [0.05, 0.1) is 11.3 Å². The number of nitrogens with one attached hydrogen (secondary N) is 1. The number of hydrogen-bond acceptors (Lipinski definition) is 3. The molecular weight excluding hydrogens is 300 g/mol. The van der Waals surface area contributed by atoms with Crippen LogP contribution in [0.3, 0.4) is 0 Å². The number of carbonyl (C=O) groups excluding carboxylic acids is 1. The third-order valence-corrected chi connectivity index (χ3v) is 4.11. The van der Waals surface area contributed by atoms with Crippen molar-refractivity contribution < 1.29 is 9.21 Å². The van der Waals surface area contributed by atoms with Gasteiger partial charge in [0.1, 0.15) is 11.2 Å².